The number of anilines is 1. The summed E-state index contributed by atoms with van der Waals surface area (Å²) >= 11 is 0. The maximum absolute atomic E-state index is 12.2. The molecule has 1 N–H and O–H groups in total. The van der Waals surface area contributed by atoms with Crippen molar-refractivity contribution in [2.24, 2.45) is 0 Å². The van der Waals surface area contributed by atoms with E-state index in [0.717, 1.165) is 22.4 Å². The van der Waals surface area contributed by atoms with Crippen LogP contribution in [-0.2, 0) is 18.4 Å². The average molecular weight is 358 g/mol. The molecular formula is C22H22N4O. The van der Waals surface area contributed by atoms with Crippen molar-refractivity contribution in [3.05, 3.63) is 64.7 Å². The molecular weight excluding hydrogens is 336 g/mol. The van der Waals surface area contributed by atoms with E-state index in [1.54, 1.807) is 11.0 Å². The third-order valence-corrected chi connectivity index (χ3v) is 5.31. The Morgan fingerprint density at radius 1 is 1.19 bits per heavy atom. The molecule has 0 aromatic heterocycles. The molecule has 2 amide bonds. The van der Waals surface area contributed by atoms with Crippen molar-refractivity contribution < 1.29 is 4.79 Å². The average Bonchev–Trinajstić information content (AvgIpc) is 2.71. The molecule has 0 unspecified atom stereocenters. The highest BCUT2D eigenvalue weighted by Gasteiger charge is 2.32. The van der Waals surface area contributed by atoms with Gasteiger partial charge < -0.3 is 10.2 Å². The number of carbonyl (C=O) groups is 1. The van der Waals surface area contributed by atoms with E-state index in [4.69, 9.17) is 5.26 Å². The Hall–Kier alpha value is -3.31. The van der Waals surface area contributed by atoms with Gasteiger partial charge in [0.2, 0.25) is 0 Å². The summed E-state index contributed by atoms with van der Waals surface area (Å²) in [5.74, 6) is 0. The molecule has 1 aliphatic rings. The SMILES string of the molecule is CCN1Cc2ccc([C@@](C#N)(CC)Cc3cccc(C#N)c3)cc2NC1=O. The van der Waals surface area contributed by atoms with Crippen LogP contribution in [0.3, 0.4) is 0 Å². The summed E-state index contributed by atoms with van der Waals surface area (Å²) in [5.41, 5.74) is 3.55. The summed E-state index contributed by atoms with van der Waals surface area (Å²) < 4.78 is 0. The molecule has 0 bridgehead atoms. The van der Waals surface area contributed by atoms with Crippen molar-refractivity contribution in [2.75, 3.05) is 11.9 Å². The molecule has 0 radical (unpaired) electrons. The zero-order chi connectivity index (χ0) is 19.4. The number of rotatable bonds is 5. The quantitative estimate of drug-likeness (QED) is 0.863. The van der Waals surface area contributed by atoms with Crippen LogP contribution in [-0.4, -0.2) is 17.5 Å². The summed E-state index contributed by atoms with van der Waals surface area (Å²) in [6.45, 7) is 5.17. The molecule has 2 aromatic rings. The van der Waals surface area contributed by atoms with Gasteiger partial charge in [-0.1, -0.05) is 31.2 Å². The van der Waals surface area contributed by atoms with E-state index in [9.17, 15) is 10.1 Å². The number of benzene rings is 2. The fourth-order valence-electron chi connectivity index (χ4n) is 3.57. The van der Waals surface area contributed by atoms with Crippen LogP contribution in [0.15, 0.2) is 42.5 Å². The highest BCUT2D eigenvalue weighted by Crippen LogP contribution is 2.35. The lowest BCUT2D eigenvalue weighted by molar-refractivity contribution is 0.210. The van der Waals surface area contributed by atoms with E-state index in [2.05, 4.69) is 17.5 Å². The first-order valence-electron chi connectivity index (χ1n) is 9.15. The Morgan fingerprint density at radius 2 is 2.00 bits per heavy atom. The maximum Gasteiger partial charge on any atom is 0.322 e. The lowest BCUT2D eigenvalue weighted by Crippen LogP contribution is -2.38. The summed E-state index contributed by atoms with van der Waals surface area (Å²) in [7, 11) is 0. The molecule has 0 saturated heterocycles. The Bertz CT molecular complexity index is 954. The van der Waals surface area contributed by atoms with Gasteiger partial charge in [-0.15, -0.1) is 0 Å². The molecule has 1 atom stereocenters. The minimum atomic E-state index is -0.713. The van der Waals surface area contributed by atoms with Gasteiger partial charge in [0, 0.05) is 18.8 Å². The van der Waals surface area contributed by atoms with Crippen molar-refractivity contribution in [3.8, 4) is 12.1 Å². The molecule has 136 valence electrons. The number of urea groups is 1. The van der Waals surface area contributed by atoms with Crippen LogP contribution < -0.4 is 5.32 Å². The van der Waals surface area contributed by atoms with Crippen LogP contribution in [0.25, 0.3) is 0 Å². The smallest absolute Gasteiger partial charge is 0.320 e. The number of carbonyl (C=O) groups excluding carboxylic acids is 1. The third-order valence-electron chi connectivity index (χ3n) is 5.31. The van der Waals surface area contributed by atoms with Crippen molar-refractivity contribution in [1.82, 2.24) is 4.90 Å². The molecule has 1 heterocycles. The number of amides is 2. The van der Waals surface area contributed by atoms with Gasteiger partial charge in [-0.25, -0.2) is 4.79 Å². The Labute approximate surface area is 159 Å². The Balaban J connectivity index is 1.98. The molecule has 27 heavy (non-hydrogen) atoms. The third kappa shape index (κ3) is 3.50. The van der Waals surface area contributed by atoms with Gasteiger partial charge in [0.1, 0.15) is 0 Å². The highest BCUT2D eigenvalue weighted by molar-refractivity contribution is 5.92. The first-order chi connectivity index (χ1) is 13.0. The van der Waals surface area contributed by atoms with Gasteiger partial charge in [-0.3, -0.25) is 0 Å². The second-order valence-electron chi connectivity index (χ2n) is 6.85. The maximum atomic E-state index is 12.2. The van der Waals surface area contributed by atoms with Crippen LogP contribution >= 0.6 is 0 Å². The number of hydrogen-bond donors (Lipinski definition) is 1. The Morgan fingerprint density at radius 3 is 2.67 bits per heavy atom. The van der Waals surface area contributed by atoms with Gasteiger partial charge in [0.05, 0.1) is 23.1 Å². The number of nitriles is 2. The van der Waals surface area contributed by atoms with Crippen molar-refractivity contribution in [2.45, 2.75) is 38.6 Å². The largest absolute Gasteiger partial charge is 0.322 e. The van der Waals surface area contributed by atoms with Crippen molar-refractivity contribution in [1.29, 1.82) is 10.5 Å². The minimum Gasteiger partial charge on any atom is -0.320 e. The van der Waals surface area contributed by atoms with E-state index in [0.29, 0.717) is 31.5 Å². The molecule has 0 aliphatic carbocycles. The van der Waals surface area contributed by atoms with Crippen LogP contribution in [0.1, 0.15) is 42.5 Å². The zero-order valence-corrected chi connectivity index (χ0v) is 15.6. The first-order valence-corrected chi connectivity index (χ1v) is 9.15. The fraction of sp³-hybridized carbons (Fsp3) is 0.318. The van der Waals surface area contributed by atoms with Crippen LogP contribution in [0.4, 0.5) is 10.5 Å². The Kier molecular flexibility index (Phi) is 5.14. The molecule has 0 saturated carbocycles. The molecule has 0 spiro atoms. The van der Waals surface area contributed by atoms with E-state index in [1.807, 2.05) is 50.2 Å². The predicted octanol–water partition coefficient (Wildman–Crippen LogP) is 4.34. The standard InChI is InChI=1S/C22H22N4O/c1-3-22(15-24,12-16-6-5-7-17(10-16)13-23)19-9-8-18-14-26(4-2)21(27)25-20(18)11-19/h5-11H,3-4,12,14H2,1-2H3,(H,25,27)/t22-/m0/s1. The lowest BCUT2D eigenvalue weighted by Gasteiger charge is -2.31. The molecule has 2 aromatic carbocycles. The summed E-state index contributed by atoms with van der Waals surface area (Å²) in [6.07, 6.45) is 1.15. The van der Waals surface area contributed by atoms with Gasteiger partial charge >= 0.3 is 6.03 Å². The summed E-state index contributed by atoms with van der Waals surface area (Å²) in [6, 6.07) is 17.9. The first kappa shape index (κ1) is 18.5. The minimum absolute atomic E-state index is 0.108. The van der Waals surface area contributed by atoms with E-state index in [-0.39, 0.29) is 6.03 Å². The summed E-state index contributed by atoms with van der Waals surface area (Å²) in [4.78, 5) is 13.9. The van der Waals surface area contributed by atoms with Crippen molar-refractivity contribution >= 4 is 11.7 Å². The number of nitrogens with zero attached hydrogens (tertiary/aromatic N) is 3. The van der Waals surface area contributed by atoms with Gasteiger partial charge in [0.15, 0.2) is 0 Å². The van der Waals surface area contributed by atoms with Gasteiger partial charge in [0.25, 0.3) is 0 Å². The molecule has 1 aliphatic heterocycles. The van der Waals surface area contributed by atoms with E-state index < -0.39 is 5.41 Å². The number of nitrogens with one attached hydrogen (secondary N) is 1. The van der Waals surface area contributed by atoms with Gasteiger partial charge in [-0.2, -0.15) is 10.5 Å². The van der Waals surface area contributed by atoms with E-state index >= 15 is 0 Å². The lowest BCUT2D eigenvalue weighted by atomic mass is 9.74. The highest BCUT2D eigenvalue weighted by atomic mass is 16.2. The summed E-state index contributed by atoms with van der Waals surface area (Å²) in [5, 5.41) is 22.1. The van der Waals surface area contributed by atoms with Gasteiger partial charge in [-0.05, 0) is 54.7 Å². The molecule has 0 fully saturated rings. The molecule has 5 heteroatoms. The number of hydrogen-bond acceptors (Lipinski definition) is 3. The predicted molar refractivity (Wildman–Crippen MR) is 104 cm³/mol. The van der Waals surface area contributed by atoms with Crippen LogP contribution in [0, 0.1) is 22.7 Å². The van der Waals surface area contributed by atoms with Crippen LogP contribution in [0.2, 0.25) is 0 Å². The second-order valence-corrected chi connectivity index (χ2v) is 6.85. The molecule has 3 rings (SSSR count). The zero-order valence-electron chi connectivity index (χ0n) is 15.6. The second kappa shape index (κ2) is 7.51. The topological polar surface area (TPSA) is 79.9 Å². The fourth-order valence-corrected chi connectivity index (χ4v) is 3.57. The number of fused-ring (bicyclic) bond motifs is 1. The normalized spacial score (nSPS) is 15.1. The monoisotopic (exact) mass is 358 g/mol. The molecule has 5 nitrogen and oxygen atoms in total. The van der Waals surface area contributed by atoms with E-state index in [1.165, 1.54) is 0 Å². The van der Waals surface area contributed by atoms with Crippen molar-refractivity contribution in [3.63, 3.8) is 0 Å². The van der Waals surface area contributed by atoms with Crippen LogP contribution in [0.5, 0.6) is 0 Å².